The number of primary amides is 1. The topological polar surface area (TPSA) is 128 Å². The van der Waals surface area contributed by atoms with Gasteiger partial charge in [-0.25, -0.2) is 18.1 Å². The minimum Gasteiger partial charge on any atom is -0.382 e. The molecule has 1 amide bonds. The number of nitrogens with zero attached hydrogens (tertiary/aromatic N) is 1. The molecule has 1 rings (SSSR count). The molecule has 1 aromatic heterocycles. The molecule has 0 unspecified atom stereocenters. The molecule has 0 saturated heterocycles. The van der Waals surface area contributed by atoms with Gasteiger partial charge in [0.2, 0.25) is 15.9 Å². The summed E-state index contributed by atoms with van der Waals surface area (Å²) in [5.41, 5.74) is 10.1. The first kappa shape index (κ1) is 12.7. The number of carbonyl (C=O) groups excluding carboxylic acids is 1. The number of sulfonamides is 1. The second-order valence-corrected chi connectivity index (χ2v) is 5.00. The molecular formula is C7H9ClN4O3S. The zero-order valence-electron chi connectivity index (χ0n) is 7.97. The van der Waals surface area contributed by atoms with E-state index in [1.807, 2.05) is 4.72 Å². The van der Waals surface area contributed by atoms with Crippen LogP contribution in [0.2, 0.25) is 5.02 Å². The van der Waals surface area contributed by atoms with Gasteiger partial charge in [0.05, 0.1) is 11.6 Å². The lowest BCUT2D eigenvalue weighted by atomic mass is 10.5. The van der Waals surface area contributed by atoms with Gasteiger partial charge in [-0.1, -0.05) is 11.6 Å². The number of anilines is 1. The molecular weight excluding hydrogens is 256 g/mol. The Balaban J connectivity index is 2.99. The summed E-state index contributed by atoms with van der Waals surface area (Å²) in [6, 6.07) is 1.13. The van der Waals surface area contributed by atoms with Crippen molar-refractivity contribution in [2.75, 3.05) is 12.3 Å². The van der Waals surface area contributed by atoms with E-state index in [-0.39, 0.29) is 15.7 Å². The van der Waals surface area contributed by atoms with E-state index in [1.165, 1.54) is 0 Å². The molecule has 0 aliphatic carbocycles. The van der Waals surface area contributed by atoms with Gasteiger partial charge in [0, 0.05) is 6.20 Å². The van der Waals surface area contributed by atoms with Gasteiger partial charge in [0.1, 0.15) is 10.7 Å². The molecule has 1 heterocycles. The van der Waals surface area contributed by atoms with Crippen LogP contribution in [-0.4, -0.2) is 25.9 Å². The highest BCUT2D eigenvalue weighted by Gasteiger charge is 2.16. The number of halogens is 1. The number of aromatic nitrogens is 1. The van der Waals surface area contributed by atoms with Crippen molar-refractivity contribution in [2.24, 2.45) is 5.73 Å². The van der Waals surface area contributed by atoms with Crippen LogP contribution in [0.25, 0.3) is 0 Å². The average molecular weight is 265 g/mol. The monoisotopic (exact) mass is 264 g/mol. The van der Waals surface area contributed by atoms with Crippen LogP contribution in [0.3, 0.4) is 0 Å². The molecule has 88 valence electrons. The van der Waals surface area contributed by atoms with E-state index in [0.29, 0.717) is 0 Å². The van der Waals surface area contributed by atoms with Gasteiger partial charge in [0.25, 0.3) is 0 Å². The van der Waals surface area contributed by atoms with Crippen LogP contribution in [0.4, 0.5) is 5.82 Å². The second-order valence-electron chi connectivity index (χ2n) is 2.83. The van der Waals surface area contributed by atoms with Crippen molar-refractivity contribution in [3.05, 3.63) is 17.3 Å². The summed E-state index contributed by atoms with van der Waals surface area (Å²) in [5, 5.41) is 0.0157. The summed E-state index contributed by atoms with van der Waals surface area (Å²) in [5.74, 6) is -0.770. The van der Waals surface area contributed by atoms with Crippen molar-refractivity contribution in [2.45, 2.75) is 4.90 Å². The van der Waals surface area contributed by atoms with Gasteiger partial charge in [0.15, 0.2) is 0 Å². The fraction of sp³-hybridized carbons (Fsp3) is 0.143. The Morgan fingerprint density at radius 2 is 2.19 bits per heavy atom. The zero-order chi connectivity index (χ0) is 12.3. The van der Waals surface area contributed by atoms with Gasteiger partial charge >= 0.3 is 0 Å². The molecule has 0 bridgehead atoms. The number of rotatable bonds is 4. The van der Waals surface area contributed by atoms with E-state index in [9.17, 15) is 13.2 Å². The van der Waals surface area contributed by atoms with Crippen LogP contribution in [0, 0.1) is 0 Å². The number of nitrogens with two attached hydrogens (primary N) is 2. The SMILES string of the molecule is NC(=O)CNS(=O)(=O)c1cnc(N)c(Cl)c1. The Kier molecular flexibility index (Phi) is 3.68. The Morgan fingerprint density at radius 1 is 1.56 bits per heavy atom. The molecule has 0 spiro atoms. The number of carbonyl (C=O) groups is 1. The lowest BCUT2D eigenvalue weighted by molar-refractivity contribution is -0.116. The third-order valence-electron chi connectivity index (χ3n) is 1.59. The molecule has 0 saturated carbocycles. The third-order valence-corrected chi connectivity index (χ3v) is 3.26. The number of nitrogen functional groups attached to an aromatic ring is 1. The summed E-state index contributed by atoms with van der Waals surface area (Å²) >= 11 is 5.61. The third kappa shape index (κ3) is 3.05. The second kappa shape index (κ2) is 4.64. The highest BCUT2D eigenvalue weighted by atomic mass is 35.5. The van der Waals surface area contributed by atoms with E-state index in [1.54, 1.807) is 0 Å². The van der Waals surface area contributed by atoms with Gasteiger partial charge in [-0.2, -0.15) is 0 Å². The van der Waals surface area contributed by atoms with Crippen LogP contribution in [0.5, 0.6) is 0 Å². The van der Waals surface area contributed by atoms with Crippen LogP contribution < -0.4 is 16.2 Å². The minimum absolute atomic E-state index is 0.0157. The van der Waals surface area contributed by atoms with Crippen molar-refractivity contribution in [1.29, 1.82) is 0 Å². The molecule has 0 fully saturated rings. The number of nitrogens with one attached hydrogen (secondary N) is 1. The Hall–Kier alpha value is -1.38. The number of hydrogen-bond donors (Lipinski definition) is 3. The Labute approximate surface area is 96.8 Å². The summed E-state index contributed by atoms with van der Waals surface area (Å²) in [6.07, 6.45) is 1.03. The summed E-state index contributed by atoms with van der Waals surface area (Å²) in [7, 11) is -3.85. The molecule has 0 atom stereocenters. The van der Waals surface area contributed by atoms with Crippen LogP contribution >= 0.6 is 11.6 Å². The quantitative estimate of drug-likeness (QED) is 0.648. The maximum atomic E-state index is 11.5. The summed E-state index contributed by atoms with van der Waals surface area (Å²) in [6.45, 7) is -0.496. The first-order valence-corrected chi connectivity index (χ1v) is 5.88. The highest BCUT2D eigenvalue weighted by Crippen LogP contribution is 2.19. The van der Waals surface area contributed by atoms with E-state index >= 15 is 0 Å². The number of hydrogen-bond acceptors (Lipinski definition) is 5. The van der Waals surface area contributed by atoms with Crippen LogP contribution in [0.1, 0.15) is 0 Å². The Bertz CT molecular complexity index is 516. The number of amides is 1. The largest absolute Gasteiger partial charge is 0.382 e. The lowest BCUT2D eigenvalue weighted by Gasteiger charge is -2.05. The van der Waals surface area contributed by atoms with Crippen LogP contribution in [0.15, 0.2) is 17.2 Å². The molecule has 16 heavy (non-hydrogen) atoms. The predicted molar refractivity (Wildman–Crippen MR) is 58.0 cm³/mol. The van der Waals surface area contributed by atoms with Gasteiger partial charge in [-0.15, -0.1) is 0 Å². The standard InChI is InChI=1S/C7H9ClN4O3S/c8-5-1-4(2-11-7(5)10)16(14,15)12-3-6(9)13/h1-2,12H,3H2,(H2,9,13)(H2,10,11). The first-order valence-electron chi connectivity index (χ1n) is 4.02. The summed E-state index contributed by atoms with van der Waals surface area (Å²) in [4.78, 5) is 13.8. The van der Waals surface area contributed by atoms with Crippen LogP contribution in [-0.2, 0) is 14.8 Å². The van der Waals surface area contributed by atoms with Gasteiger partial charge < -0.3 is 11.5 Å². The lowest BCUT2D eigenvalue weighted by Crippen LogP contribution is -2.33. The Morgan fingerprint density at radius 3 is 2.69 bits per heavy atom. The molecule has 5 N–H and O–H groups in total. The number of pyridine rings is 1. The predicted octanol–water partition coefficient (Wildman–Crippen LogP) is -0.919. The molecule has 1 aromatic rings. The van der Waals surface area contributed by atoms with E-state index in [4.69, 9.17) is 23.1 Å². The van der Waals surface area contributed by atoms with Gasteiger partial charge in [-0.3, -0.25) is 4.79 Å². The maximum Gasteiger partial charge on any atom is 0.242 e. The average Bonchev–Trinajstić information content (AvgIpc) is 2.19. The zero-order valence-corrected chi connectivity index (χ0v) is 9.55. The van der Waals surface area contributed by atoms with E-state index < -0.39 is 22.5 Å². The van der Waals surface area contributed by atoms with Crippen molar-refractivity contribution in [3.63, 3.8) is 0 Å². The van der Waals surface area contributed by atoms with Crippen molar-refractivity contribution in [1.82, 2.24) is 9.71 Å². The minimum atomic E-state index is -3.85. The highest BCUT2D eigenvalue weighted by molar-refractivity contribution is 7.89. The van der Waals surface area contributed by atoms with Crippen molar-refractivity contribution < 1.29 is 13.2 Å². The molecule has 9 heteroatoms. The molecule has 0 aliphatic heterocycles. The first-order chi connectivity index (χ1) is 7.33. The molecule has 0 aromatic carbocycles. The van der Waals surface area contributed by atoms with Crippen molar-refractivity contribution in [3.8, 4) is 0 Å². The van der Waals surface area contributed by atoms with E-state index in [2.05, 4.69) is 4.98 Å². The molecule has 0 aliphatic rings. The normalized spacial score (nSPS) is 11.3. The fourth-order valence-electron chi connectivity index (χ4n) is 0.827. The smallest absolute Gasteiger partial charge is 0.242 e. The summed E-state index contributed by atoms with van der Waals surface area (Å²) < 4.78 is 25.1. The maximum absolute atomic E-state index is 11.5. The van der Waals surface area contributed by atoms with Crippen molar-refractivity contribution >= 4 is 33.3 Å². The van der Waals surface area contributed by atoms with E-state index in [0.717, 1.165) is 12.3 Å². The fourth-order valence-corrected chi connectivity index (χ4v) is 2.02. The molecule has 0 radical (unpaired) electrons. The van der Waals surface area contributed by atoms with Gasteiger partial charge in [-0.05, 0) is 6.07 Å². The molecule has 7 nitrogen and oxygen atoms in total.